The van der Waals surface area contributed by atoms with Crippen molar-refractivity contribution in [2.75, 3.05) is 7.11 Å². The Balaban J connectivity index is 2.01. The van der Waals surface area contributed by atoms with Crippen molar-refractivity contribution < 1.29 is 14.3 Å². The summed E-state index contributed by atoms with van der Waals surface area (Å²) in [7, 11) is 1.58. The minimum absolute atomic E-state index is 0.0826. The molecule has 2 aliphatic carbocycles. The molecule has 0 amide bonds. The van der Waals surface area contributed by atoms with Gasteiger partial charge in [0.2, 0.25) is 0 Å². The van der Waals surface area contributed by atoms with Crippen LogP contribution in [0.15, 0.2) is 60.2 Å². The summed E-state index contributed by atoms with van der Waals surface area (Å²) in [5, 5.41) is 0. The Morgan fingerprint density at radius 2 is 1.80 bits per heavy atom. The summed E-state index contributed by atoms with van der Waals surface area (Å²) in [6, 6.07) is 7.07. The number of benzene rings is 1. The SMILES string of the molecule is C=C1C=CC=C2C(=O)C(c3ccc(OC)cc3)C(=O)C12. The lowest BCUT2D eigenvalue weighted by molar-refractivity contribution is -0.124. The first-order valence-corrected chi connectivity index (χ1v) is 6.42. The van der Waals surface area contributed by atoms with E-state index in [1.165, 1.54) is 0 Å². The molecule has 0 bridgehead atoms. The summed E-state index contributed by atoms with van der Waals surface area (Å²) in [6.45, 7) is 3.88. The Hall–Kier alpha value is -2.42. The van der Waals surface area contributed by atoms with Gasteiger partial charge in [0, 0.05) is 5.57 Å². The second kappa shape index (κ2) is 4.60. The third-order valence-corrected chi connectivity index (χ3v) is 3.83. The smallest absolute Gasteiger partial charge is 0.174 e. The lowest BCUT2D eigenvalue weighted by Gasteiger charge is -2.12. The van der Waals surface area contributed by atoms with Gasteiger partial charge in [-0.1, -0.05) is 36.9 Å². The first kappa shape index (κ1) is 12.6. The molecular formula is C17H14O3. The molecule has 1 aromatic carbocycles. The molecule has 0 saturated heterocycles. The minimum atomic E-state index is -0.714. The molecular weight excluding hydrogens is 252 g/mol. The quantitative estimate of drug-likeness (QED) is 0.773. The van der Waals surface area contributed by atoms with Crippen LogP contribution >= 0.6 is 0 Å². The van der Waals surface area contributed by atoms with Crippen LogP contribution in [-0.4, -0.2) is 18.7 Å². The molecule has 0 N–H and O–H groups in total. The molecule has 1 aromatic rings. The van der Waals surface area contributed by atoms with E-state index in [0.29, 0.717) is 22.5 Å². The van der Waals surface area contributed by atoms with Gasteiger partial charge in [0.05, 0.1) is 13.0 Å². The molecule has 2 unspecified atom stereocenters. The highest BCUT2D eigenvalue weighted by Crippen LogP contribution is 2.41. The number of hydrogen-bond donors (Lipinski definition) is 0. The van der Waals surface area contributed by atoms with Crippen molar-refractivity contribution in [1.82, 2.24) is 0 Å². The molecule has 1 saturated carbocycles. The molecule has 100 valence electrons. The lowest BCUT2D eigenvalue weighted by atomic mass is 9.89. The summed E-state index contributed by atoms with van der Waals surface area (Å²) >= 11 is 0. The van der Waals surface area contributed by atoms with Crippen molar-refractivity contribution in [2.45, 2.75) is 5.92 Å². The molecule has 2 aliphatic rings. The molecule has 1 fully saturated rings. The van der Waals surface area contributed by atoms with E-state index in [9.17, 15) is 9.59 Å². The summed E-state index contributed by atoms with van der Waals surface area (Å²) in [5.74, 6) is -0.681. The highest BCUT2D eigenvalue weighted by molar-refractivity contribution is 6.25. The van der Waals surface area contributed by atoms with Gasteiger partial charge in [-0.3, -0.25) is 9.59 Å². The van der Waals surface area contributed by atoms with Gasteiger partial charge in [-0.05, 0) is 23.3 Å². The zero-order valence-electron chi connectivity index (χ0n) is 11.1. The average molecular weight is 266 g/mol. The van der Waals surface area contributed by atoms with Gasteiger partial charge in [-0.2, -0.15) is 0 Å². The highest BCUT2D eigenvalue weighted by Gasteiger charge is 2.47. The Kier molecular flexibility index (Phi) is 2.90. The fourth-order valence-corrected chi connectivity index (χ4v) is 2.80. The van der Waals surface area contributed by atoms with Crippen LogP contribution < -0.4 is 4.74 Å². The molecule has 0 radical (unpaired) electrons. The molecule has 0 aliphatic heterocycles. The number of carbonyl (C=O) groups excluding carboxylic acids is 2. The second-order valence-corrected chi connectivity index (χ2v) is 4.96. The molecule has 3 rings (SSSR count). The van der Waals surface area contributed by atoms with Crippen molar-refractivity contribution in [3.63, 3.8) is 0 Å². The van der Waals surface area contributed by atoms with Crippen LogP contribution in [0.4, 0.5) is 0 Å². The van der Waals surface area contributed by atoms with Crippen LogP contribution in [-0.2, 0) is 9.59 Å². The maximum Gasteiger partial charge on any atom is 0.174 e. The Morgan fingerprint density at radius 1 is 1.10 bits per heavy atom. The zero-order valence-corrected chi connectivity index (χ0v) is 11.1. The maximum atomic E-state index is 12.5. The standard InChI is InChI=1S/C17H14O3/c1-10-4-3-5-13-14(10)17(19)15(16(13)18)11-6-8-12(20-2)9-7-11/h3-9,14-15H,1H2,2H3. The van der Waals surface area contributed by atoms with E-state index < -0.39 is 11.8 Å². The topological polar surface area (TPSA) is 43.4 Å². The van der Waals surface area contributed by atoms with E-state index >= 15 is 0 Å². The van der Waals surface area contributed by atoms with Crippen LogP contribution in [0.3, 0.4) is 0 Å². The Bertz CT molecular complexity index is 662. The Labute approximate surface area is 117 Å². The molecule has 20 heavy (non-hydrogen) atoms. The first-order valence-electron chi connectivity index (χ1n) is 6.42. The van der Waals surface area contributed by atoms with Crippen molar-refractivity contribution in [1.29, 1.82) is 0 Å². The predicted octanol–water partition coefficient (Wildman–Crippen LogP) is 2.60. The summed E-state index contributed by atoms with van der Waals surface area (Å²) in [5.41, 5.74) is 1.96. The van der Waals surface area contributed by atoms with Crippen molar-refractivity contribution in [2.24, 2.45) is 5.92 Å². The monoisotopic (exact) mass is 266 g/mol. The molecule has 3 nitrogen and oxygen atoms in total. The summed E-state index contributed by atoms with van der Waals surface area (Å²) in [6.07, 6.45) is 5.29. The number of rotatable bonds is 2. The van der Waals surface area contributed by atoms with Gasteiger partial charge in [-0.25, -0.2) is 0 Å². The second-order valence-electron chi connectivity index (χ2n) is 4.96. The number of allylic oxidation sites excluding steroid dienone is 5. The first-order chi connectivity index (χ1) is 9.63. The molecule has 3 heteroatoms. The van der Waals surface area contributed by atoms with Gasteiger partial charge >= 0.3 is 0 Å². The maximum absolute atomic E-state index is 12.5. The lowest BCUT2D eigenvalue weighted by Crippen LogP contribution is -2.16. The van der Waals surface area contributed by atoms with E-state index in [2.05, 4.69) is 6.58 Å². The third-order valence-electron chi connectivity index (χ3n) is 3.83. The fourth-order valence-electron chi connectivity index (χ4n) is 2.80. The van der Waals surface area contributed by atoms with Crippen molar-refractivity contribution >= 4 is 11.6 Å². The minimum Gasteiger partial charge on any atom is -0.497 e. The number of methoxy groups -OCH3 is 1. The van der Waals surface area contributed by atoms with Gasteiger partial charge in [0.15, 0.2) is 11.6 Å². The van der Waals surface area contributed by atoms with Crippen LogP contribution in [0.25, 0.3) is 0 Å². The number of fused-ring (bicyclic) bond motifs is 1. The van der Waals surface area contributed by atoms with E-state index in [1.807, 2.05) is 0 Å². The van der Waals surface area contributed by atoms with Gasteiger partial charge < -0.3 is 4.74 Å². The van der Waals surface area contributed by atoms with E-state index in [-0.39, 0.29) is 11.6 Å². The van der Waals surface area contributed by atoms with Crippen molar-refractivity contribution in [3.8, 4) is 5.75 Å². The van der Waals surface area contributed by atoms with E-state index in [1.54, 1.807) is 49.6 Å². The molecule has 0 spiro atoms. The van der Waals surface area contributed by atoms with Crippen LogP contribution in [0.5, 0.6) is 5.75 Å². The van der Waals surface area contributed by atoms with Gasteiger partial charge in [0.25, 0.3) is 0 Å². The van der Waals surface area contributed by atoms with Gasteiger partial charge in [0.1, 0.15) is 11.7 Å². The summed E-state index contributed by atoms with van der Waals surface area (Å²) in [4.78, 5) is 25.0. The zero-order chi connectivity index (χ0) is 14.3. The number of ketones is 2. The molecule has 0 heterocycles. The van der Waals surface area contributed by atoms with E-state index in [4.69, 9.17) is 4.74 Å². The van der Waals surface area contributed by atoms with Crippen LogP contribution in [0.2, 0.25) is 0 Å². The highest BCUT2D eigenvalue weighted by atomic mass is 16.5. The molecule has 2 atom stereocenters. The van der Waals surface area contributed by atoms with Crippen LogP contribution in [0.1, 0.15) is 11.5 Å². The fraction of sp³-hybridized carbons (Fsp3) is 0.176. The number of hydrogen-bond acceptors (Lipinski definition) is 3. The van der Waals surface area contributed by atoms with Crippen LogP contribution in [0, 0.1) is 5.92 Å². The number of ether oxygens (including phenoxy) is 1. The normalized spacial score (nSPS) is 24.6. The number of carbonyl (C=O) groups is 2. The third kappa shape index (κ3) is 1.74. The van der Waals surface area contributed by atoms with Gasteiger partial charge in [-0.15, -0.1) is 0 Å². The average Bonchev–Trinajstić information content (AvgIpc) is 2.72. The largest absolute Gasteiger partial charge is 0.497 e. The summed E-state index contributed by atoms with van der Waals surface area (Å²) < 4.78 is 5.09. The Morgan fingerprint density at radius 3 is 2.40 bits per heavy atom. The number of Topliss-reactive ketones (excluding diaryl/α,β-unsaturated/α-hetero) is 2. The van der Waals surface area contributed by atoms with Crippen molar-refractivity contribution in [3.05, 3.63) is 65.8 Å². The van der Waals surface area contributed by atoms with E-state index in [0.717, 1.165) is 0 Å². The molecule has 0 aromatic heterocycles. The predicted molar refractivity (Wildman–Crippen MR) is 75.6 cm³/mol.